The first kappa shape index (κ1) is 18.6. The van der Waals surface area contributed by atoms with E-state index in [-0.39, 0.29) is 29.0 Å². The van der Waals surface area contributed by atoms with Crippen LogP contribution in [0.3, 0.4) is 0 Å². The Morgan fingerprint density at radius 3 is 2.28 bits per heavy atom. The lowest BCUT2D eigenvalue weighted by molar-refractivity contribution is 0.0682. The minimum absolute atomic E-state index is 0.0105. The van der Waals surface area contributed by atoms with Gasteiger partial charge >= 0.3 is 11.9 Å². The van der Waals surface area contributed by atoms with E-state index in [1.165, 1.54) is 12.1 Å². The topological polar surface area (TPSA) is 115 Å². The average molecular weight is 390 g/mol. The van der Waals surface area contributed by atoms with E-state index < -0.39 is 11.9 Å². The number of carboxylic acid groups (broad SMARTS) is 2. The number of rotatable bonds is 4. The van der Waals surface area contributed by atoms with Crippen molar-refractivity contribution < 1.29 is 30.0 Å². The summed E-state index contributed by atoms with van der Waals surface area (Å²) in [7, 11) is 0. The summed E-state index contributed by atoms with van der Waals surface area (Å²) < 4.78 is 0. The fourth-order valence-corrected chi connectivity index (χ4v) is 3.96. The molecule has 4 N–H and O–H groups in total. The predicted octanol–water partition coefficient (Wildman–Crippen LogP) is 4.20. The van der Waals surface area contributed by atoms with Gasteiger partial charge in [-0.1, -0.05) is 36.4 Å². The maximum Gasteiger partial charge on any atom is 0.339 e. The van der Waals surface area contributed by atoms with Gasteiger partial charge in [-0.25, -0.2) is 9.59 Å². The van der Waals surface area contributed by atoms with Crippen molar-refractivity contribution in [3.05, 3.63) is 75.9 Å². The Labute approximate surface area is 166 Å². The molecule has 0 atom stereocenters. The number of aromatic carboxylic acids is 2. The van der Waals surface area contributed by atoms with Crippen molar-refractivity contribution in [1.82, 2.24) is 0 Å². The van der Waals surface area contributed by atoms with Crippen LogP contribution in [0.25, 0.3) is 16.8 Å². The van der Waals surface area contributed by atoms with Gasteiger partial charge in [0.25, 0.3) is 0 Å². The van der Waals surface area contributed by atoms with Crippen LogP contribution in [0.5, 0.6) is 11.5 Å². The largest absolute Gasteiger partial charge is 0.507 e. The summed E-state index contributed by atoms with van der Waals surface area (Å²) in [6.07, 6.45) is 5.13. The molecule has 0 bridgehead atoms. The van der Waals surface area contributed by atoms with Gasteiger partial charge in [0.15, 0.2) is 0 Å². The molecule has 0 unspecified atom stereocenters. The van der Waals surface area contributed by atoms with E-state index in [2.05, 4.69) is 0 Å². The van der Waals surface area contributed by atoms with Crippen LogP contribution in [0.1, 0.15) is 49.4 Å². The second-order valence-corrected chi connectivity index (χ2v) is 7.02. The molecule has 4 rings (SSSR count). The van der Waals surface area contributed by atoms with Crippen LogP contribution in [0.15, 0.2) is 42.5 Å². The fraction of sp³-hybridized carbons (Fsp3) is 0.130. The first-order valence-corrected chi connectivity index (χ1v) is 9.13. The van der Waals surface area contributed by atoms with Crippen molar-refractivity contribution >= 4 is 28.8 Å². The van der Waals surface area contributed by atoms with Gasteiger partial charge in [-0.15, -0.1) is 0 Å². The Morgan fingerprint density at radius 2 is 1.55 bits per heavy atom. The molecule has 6 nitrogen and oxygen atoms in total. The van der Waals surface area contributed by atoms with Gasteiger partial charge in [-0.3, -0.25) is 0 Å². The molecule has 29 heavy (non-hydrogen) atoms. The van der Waals surface area contributed by atoms with E-state index in [1.54, 1.807) is 24.3 Å². The van der Waals surface area contributed by atoms with Crippen molar-refractivity contribution in [1.29, 1.82) is 0 Å². The average Bonchev–Trinajstić information content (AvgIpc) is 2.70. The molecule has 146 valence electrons. The number of benzene rings is 3. The van der Waals surface area contributed by atoms with Crippen LogP contribution in [-0.4, -0.2) is 32.4 Å². The third kappa shape index (κ3) is 3.08. The first-order chi connectivity index (χ1) is 13.9. The molecule has 0 radical (unpaired) electrons. The fourth-order valence-electron chi connectivity index (χ4n) is 3.96. The standard InChI is InChI=1S/C23H18O6/c24-20-16(14-7-3-1-5-12(14)9-18(20)22(26)27)11-17-15-8-4-2-6-13(15)10-19(21(17)25)23(28)29/h1-3,5-7,9-10,24-25H,4,8,11H2,(H,26,27)(H,28,29). The van der Waals surface area contributed by atoms with E-state index in [0.29, 0.717) is 33.9 Å². The van der Waals surface area contributed by atoms with Crippen LogP contribution >= 0.6 is 0 Å². The van der Waals surface area contributed by atoms with E-state index in [0.717, 1.165) is 12.0 Å². The molecular weight excluding hydrogens is 372 g/mol. The van der Waals surface area contributed by atoms with Crippen molar-refractivity contribution in [2.24, 2.45) is 0 Å². The number of hydrogen-bond donors (Lipinski definition) is 4. The van der Waals surface area contributed by atoms with Gasteiger partial charge in [-0.05, 0) is 46.9 Å². The second kappa shape index (κ2) is 6.98. The van der Waals surface area contributed by atoms with Crippen LogP contribution in [-0.2, 0) is 12.8 Å². The Bertz CT molecular complexity index is 1210. The summed E-state index contributed by atoms with van der Waals surface area (Å²) >= 11 is 0. The SMILES string of the molecule is O=C(O)c1cc2c(c(Cc3c(O)c(C(=O)O)cc4ccccc34)c1O)CCC=C2. The van der Waals surface area contributed by atoms with Crippen molar-refractivity contribution in [2.45, 2.75) is 19.3 Å². The number of aromatic hydroxyl groups is 2. The highest BCUT2D eigenvalue weighted by molar-refractivity contribution is 6.00. The minimum Gasteiger partial charge on any atom is -0.507 e. The third-order valence-corrected chi connectivity index (χ3v) is 5.35. The summed E-state index contributed by atoms with van der Waals surface area (Å²) in [5, 5.41) is 41.7. The Balaban J connectivity index is 2.00. The molecule has 0 saturated heterocycles. The normalized spacial score (nSPS) is 12.7. The maximum absolute atomic E-state index is 11.6. The third-order valence-electron chi connectivity index (χ3n) is 5.35. The number of allylic oxidation sites excluding steroid dienone is 1. The van der Waals surface area contributed by atoms with Gasteiger partial charge in [-0.2, -0.15) is 0 Å². The van der Waals surface area contributed by atoms with E-state index in [1.807, 2.05) is 12.2 Å². The molecular formula is C23H18O6. The zero-order valence-electron chi connectivity index (χ0n) is 15.3. The zero-order valence-corrected chi connectivity index (χ0v) is 15.3. The lowest BCUT2D eigenvalue weighted by atomic mass is 9.85. The molecule has 3 aromatic rings. The number of carboxylic acids is 2. The van der Waals surface area contributed by atoms with Gasteiger partial charge in [0.2, 0.25) is 0 Å². The number of carbonyl (C=O) groups is 2. The maximum atomic E-state index is 11.6. The lowest BCUT2D eigenvalue weighted by Crippen LogP contribution is -2.08. The highest BCUT2D eigenvalue weighted by Gasteiger charge is 2.24. The molecule has 3 aromatic carbocycles. The van der Waals surface area contributed by atoms with Gasteiger partial charge in [0, 0.05) is 17.5 Å². The van der Waals surface area contributed by atoms with Crippen molar-refractivity contribution in [2.75, 3.05) is 0 Å². The van der Waals surface area contributed by atoms with Gasteiger partial charge in [0.05, 0.1) is 0 Å². The minimum atomic E-state index is -1.26. The Kier molecular flexibility index (Phi) is 4.47. The molecule has 0 aromatic heterocycles. The summed E-state index contributed by atoms with van der Waals surface area (Å²) in [4.78, 5) is 23.2. The van der Waals surface area contributed by atoms with Crippen molar-refractivity contribution in [3.8, 4) is 11.5 Å². The summed E-state index contributed by atoms with van der Waals surface area (Å²) in [6, 6.07) is 9.90. The summed E-state index contributed by atoms with van der Waals surface area (Å²) in [5.74, 6) is -3.24. The molecule has 0 fully saturated rings. The number of phenols is 2. The number of fused-ring (bicyclic) bond motifs is 2. The Hall–Kier alpha value is -3.80. The predicted molar refractivity (Wildman–Crippen MR) is 108 cm³/mol. The number of hydrogen-bond acceptors (Lipinski definition) is 4. The van der Waals surface area contributed by atoms with Crippen LogP contribution in [0, 0.1) is 0 Å². The van der Waals surface area contributed by atoms with Crippen LogP contribution in [0.2, 0.25) is 0 Å². The lowest BCUT2D eigenvalue weighted by Gasteiger charge is -2.20. The zero-order chi connectivity index (χ0) is 20.7. The molecule has 1 aliphatic carbocycles. The highest BCUT2D eigenvalue weighted by Crippen LogP contribution is 2.39. The van der Waals surface area contributed by atoms with E-state index >= 15 is 0 Å². The summed E-state index contributed by atoms with van der Waals surface area (Å²) in [6.45, 7) is 0. The first-order valence-electron chi connectivity index (χ1n) is 9.13. The Morgan fingerprint density at radius 1 is 0.897 bits per heavy atom. The summed E-state index contributed by atoms with van der Waals surface area (Å²) in [5.41, 5.74) is 1.80. The quantitative estimate of drug-likeness (QED) is 0.531. The van der Waals surface area contributed by atoms with Gasteiger partial charge < -0.3 is 20.4 Å². The second-order valence-electron chi connectivity index (χ2n) is 7.02. The molecule has 0 aliphatic heterocycles. The van der Waals surface area contributed by atoms with Crippen LogP contribution in [0.4, 0.5) is 0 Å². The monoisotopic (exact) mass is 390 g/mol. The molecule has 6 heteroatoms. The molecule has 0 heterocycles. The van der Waals surface area contributed by atoms with Gasteiger partial charge in [0.1, 0.15) is 22.6 Å². The highest BCUT2D eigenvalue weighted by atomic mass is 16.4. The van der Waals surface area contributed by atoms with Crippen LogP contribution < -0.4 is 0 Å². The van der Waals surface area contributed by atoms with E-state index in [9.17, 15) is 30.0 Å². The molecule has 0 amide bonds. The molecule has 1 aliphatic rings. The molecule has 0 spiro atoms. The smallest absolute Gasteiger partial charge is 0.339 e. The van der Waals surface area contributed by atoms with E-state index in [4.69, 9.17) is 0 Å². The van der Waals surface area contributed by atoms with Crippen molar-refractivity contribution in [3.63, 3.8) is 0 Å². The molecule has 0 saturated carbocycles.